The lowest BCUT2D eigenvalue weighted by atomic mass is 9.96. The highest BCUT2D eigenvalue weighted by Gasteiger charge is 2.39. The van der Waals surface area contributed by atoms with E-state index in [2.05, 4.69) is 12.1 Å². The van der Waals surface area contributed by atoms with Crippen molar-refractivity contribution in [3.8, 4) is 34.6 Å². The lowest BCUT2D eigenvalue weighted by molar-refractivity contribution is -0.137. The Hall–Kier alpha value is -6.31. The fourth-order valence-corrected chi connectivity index (χ4v) is 7.37. The third kappa shape index (κ3) is 4.82. The van der Waals surface area contributed by atoms with E-state index in [1.165, 1.54) is 6.07 Å². The van der Waals surface area contributed by atoms with Crippen LogP contribution in [-0.2, 0) is 6.18 Å². The lowest BCUT2D eigenvalue weighted by Crippen LogP contribution is -2.16. The topological polar surface area (TPSA) is 57.4 Å². The number of fused-ring (bicyclic) bond motifs is 6. The van der Waals surface area contributed by atoms with E-state index in [4.69, 9.17) is 0 Å². The van der Waals surface area contributed by atoms with Crippen molar-refractivity contribution in [1.82, 2.24) is 9.13 Å². The molecule has 0 bridgehead atoms. The molecule has 50 heavy (non-hydrogen) atoms. The molecule has 0 aliphatic carbocycles. The van der Waals surface area contributed by atoms with Crippen LogP contribution in [0.15, 0.2) is 103 Å². The van der Waals surface area contributed by atoms with Crippen molar-refractivity contribution in [2.45, 2.75) is 33.9 Å². The first-order valence-electron chi connectivity index (χ1n) is 16.2. The summed E-state index contributed by atoms with van der Waals surface area (Å²) in [5.41, 5.74) is 7.06. The third-order valence-electron chi connectivity index (χ3n) is 9.54. The SMILES string of the molecule is Cc1ccc2c(c1)c1cc(C)ccc1n2-c1cc(-c2cc(C#N)cc(C#N)c2)cc(-n2c3ccc(C)cc3c3cc(C)ccc32)c1C(F)(F)F. The van der Waals surface area contributed by atoms with Crippen molar-refractivity contribution < 1.29 is 13.2 Å². The van der Waals surface area contributed by atoms with Crippen molar-refractivity contribution in [2.24, 2.45) is 0 Å². The number of hydrogen-bond acceptors (Lipinski definition) is 2. The van der Waals surface area contributed by atoms with Gasteiger partial charge in [0.25, 0.3) is 0 Å². The van der Waals surface area contributed by atoms with Crippen LogP contribution in [0.25, 0.3) is 66.1 Å². The maximum absolute atomic E-state index is 16.0. The quantitative estimate of drug-likeness (QED) is 0.190. The molecule has 7 heteroatoms. The Labute approximate surface area is 286 Å². The van der Waals surface area contributed by atoms with Crippen molar-refractivity contribution in [2.75, 3.05) is 0 Å². The maximum atomic E-state index is 16.0. The van der Waals surface area contributed by atoms with E-state index in [1.807, 2.05) is 100 Å². The Bertz CT molecular complexity index is 2520. The molecule has 0 unspecified atom stereocenters. The van der Waals surface area contributed by atoms with Crippen LogP contribution in [0.1, 0.15) is 38.9 Å². The van der Waals surface area contributed by atoms with Crippen LogP contribution in [0.4, 0.5) is 13.2 Å². The Balaban J connectivity index is 1.62. The maximum Gasteiger partial charge on any atom is 0.420 e. The standard InChI is InChI=1S/C43H29F3N4/c1-24-5-9-36-32(13-24)33-14-25(2)6-10-37(33)49(36)40-20-31(30-18-28(22-47)17-29(19-30)23-48)21-41(42(40)43(44,45)46)50-38-11-7-26(3)15-34(38)35-16-27(4)8-12-39(35)50/h5-21H,1-4H3. The molecule has 0 aliphatic heterocycles. The first kappa shape index (κ1) is 31.0. The molecule has 0 atom stereocenters. The van der Waals surface area contributed by atoms with Gasteiger partial charge in [0.2, 0.25) is 0 Å². The number of nitriles is 2. The summed E-state index contributed by atoms with van der Waals surface area (Å²) in [5, 5.41) is 23.1. The summed E-state index contributed by atoms with van der Waals surface area (Å²) < 4.78 is 51.4. The summed E-state index contributed by atoms with van der Waals surface area (Å²) in [6.07, 6.45) is -4.79. The number of rotatable bonds is 3. The van der Waals surface area contributed by atoms with Gasteiger partial charge in [-0.3, -0.25) is 0 Å². The van der Waals surface area contributed by atoms with Crippen LogP contribution in [0, 0.1) is 50.4 Å². The molecule has 6 aromatic carbocycles. The molecule has 0 fully saturated rings. The smallest absolute Gasteiger partial charge is 0.309 e. The summed E-state index contributed by atoms with van der Waals surface area (Å²) in [5.74, 6) is 0. The van der Waals surface area contributed by atoms with Gasteiger partial charge in [0.1, 0.15) is 5.56 Å². The molecule has 0 radical (unpaired) electrons. The second-order valence-electron chi connectivity index (χ2n) is 13.2. The molecule has 242 valence electrons. The molecule has 4 nitrogen and oxygen atoms in total. The summed E-state index contributed by atoms with van der Waals surface area (Å²) in [6.45, 7) is 7.88. The molecule has 2 heterocycles. The largest absolute Gasteiger partial charge is 0.420 e. The lowest BCUT2D eigenvalue weighted by Gasteiger charge is -2.23. The number of hydrogen-bond donors (Lipinski definition) is 0. The van der Waals surface area contributed by atoms with Crippen molar-refractivity contribution in [1.29, 1.82) is 10.5 Å². The molecule has 0 amide bonds. The predicted molar refractivity (Wildman–Crippen MR) is 194 cm³/mol. The molecule has 0 N–H and O–H groups in total. The van der Waals surface area contributed by atoms with Crippen molar-refractivity contribution in [3.05, 3.63) is 142 Å². The zero-order valence-corrected chi connectivity index (χ0v) is 27.7. The molecular weight excluding hydrogens is 629 g/mol. The van der Waals surface area contributed by atoms with Crippen LogP contribution >= 0.6 is 0 Å². The normalized spacial score (nSPS) is 11.9. The van der Waals surface area contributed by atoms with Gasteiger partial charge in [0.15, 0.2) is 0 Å². The second-order valence-corrected chi connectivity index (χ2v) is 13.2. The van der Waals surface area contributed by atoms with Crippen LogP contribution in [0.2, 0.25) is 0 Å². The van der Waals surface area contributed by atoms with Crippen LogP contribution < -0.4 is 0 Å². The van der Waals surface area contributed by atoms with E-state index < -0.39 is 11.7 Å². The number of benzene rings is 6. The van der Waals surface area contributed by atoms with Gasteiger partial charge in [-0.05, 0) is 118 Å². The van der Waals surface area contributed by atoms with Crippen LogP contribution in [-0.4, -0.2) is 9.13 Å². The number of halogens is 3. The summed E-state index contributed by atoms with van der Waals surface area (Å²) in [4.78, 5) is 0. The van der Waals surface area contributed by atoms with E-state index in [0.29, 0.717) is 33.2 Å². The van der Waals surface area contributed by atoms with Gasteiger partial charge in [0.05, 0.1) is 56.7 Å². The van der Waals surface area contributed by atoms with Gasteiger partial charge in [-0.15, -0.1) is 0 Å². The highest BCUT2D eigenvalue weighted by atomic mass is 19.4. The Morgan fingerprint density at radius 2 is 0.780 bits per heavy atom. The minimum atomic E-state index is -4.79. The van der Waals surface area contributed by atoms with Gasteiger partial charge in [-0.1, -0.05) is 46.5 Å². The van der Waals surface area contributed by atoms with Crippen LogP contribution in [0.3, 0.4) is 0 Å². The molecule has 8 rings (SSSR count). The number of nitrogens with zero attached hydrogens (tertiary/aromatic N) is 4. The average Bonchev–Trinajstić information content (AvgIpc) is 3.57. The second kappa shape index (κ2) is 11.1. The average molecular weight is 659 g/mol. The van der Waals surface area contributed by atoms with Crippen molar-refractivity contribution in [3.63, 3.8) is 0 Å². The minimum absolute atomic E-state index is 0.0483. The predicted octanol–water partition coefficient (Wildman–Crippen LogP) is 11.5. The summed E-state index contributed by atoms with van der Waals surface area (Å²) >= 11 is 0. The zero-order valence-electron chi connectivity index (χ0n) is 27.7. The van der Waals surface area contributed by atoms with E-state index in [1.54, 1.807) is 33.4 Å². The Kier molecular flexibility index (Phi) is 6.89. The first-order valence-corrected chi connectivity index (χ1v) is 16.2. The molecule has 2 aromatic heterocycles. The van der Waals surface area contributed by atoms with Gasteiger partial charge in [0, 0.05) is 21.5 Å². The van der Waals surface area contributed by atoms with Gasteiger partial charge in [-0.2, -0.15) is 23.7 Å². The monoisotopic (exact) mass is 658 g/mol. The highest BCUT2D eigenvalue weighted by Crippen LogP contribution is 2.46. The van der Waals surface area contributed by atoms with E-state index in [0.717, 1.165) is 43.8 Å². The Morgan fingerprint density at radius 3 is 1.08 bits per heavy atom. The minimum Gasteiger partial charge on any atom is -0.309 e. The molecular formula is C43H29F3N4. The molecule has 8 aromatic rings. The van der Waals surface area contributed by atoms with E-state index >= 15 is 13.2 Å². The van der Waals surface area contributed by atoms with Crippen LogP contribution in [0.5, 0.6) is 0 Å². The summed E-state index contributed by atoms with van der Waals surface area (Å²) in [6, 6.07) is 35.2. The van der Waals surface area contributed by atoms with Gasteiger partial charge >= 0.3 is 6.18 Å². The number of aromatic nitrogens is 2. The molecule has 0 spiro atoms. The number of alkyl halides is 3. The zero-order chi connectivity index (χ0) is 35.1. The van der Waals surface area contributed by atoms with E-state index in [-0.39, 0.29) is 22.5 Å². The molecule has 0 saturated carbocycles. The fourth-order valence-electron chi connectivity index (χ4n) is 7.37. The number of aryl methyl sites for hydroxylation is 4. The van der Waals surface area contributed by atoms with E-state index in [9.17, 15) is 10.5 Å². The van der Waals surface area contributed by atoms with Crippen molar-refractivity contribution >= 4 is 43.6 Å². The fraction of sp³-hybridized carbons (Fsp3) is 0.116. The van der Waals surface area contributed by atoms with Gasteiger partial charge < -0.3 is 9.13 Å². The first-order chi connectivity index (χ1) is 23.9. The summed E-state index contributed by atoms with van der Waals surface area (Å²) in [7, 11) is 0. The highest BCUT2D eigenvalue weighted by molar-refractivity contribution is 6.11. The Morgan fingerprint density at radius 1 is 0.460 bits per heavy atom. The molecule has 0 saturated heterocycles. The molecule has 0 aliphatic rings. The van der Waals surface area contributed by atoms with Gasteiger partial charge in [-0.25, -0.2) is 0 Å². The third-order valence-corrected chi connectivity index (χ3v) is 9.54.